The molecule has 25 heavy (non-hydrogen) atoms. The Balaban J connectivity index is 2.36. The molecule has 0 spiro atoms. The summed E-state index contributed by atoms with van der Waals surface area (Å²) in [5.74, 6) is 0.486. The third-order valence-electron chi connectivity index (χ3n) is 3.43. The van der Waals surface area contributed by atoms with Crippen LogP contribution >= 0.6 is 7.60 Å². The summed E-state index contributed by atoms with van der Waals surface area (Å²) in [6.45, 7) is 1.70. The van der Waals surface area contributed by atoms with Crippen LogP contribution in [0.1, 0.15) is 22.8 Å². The van der Waals surface area contributed by atoms with Crippen LogP contribution in [0.3, 0.4) is 0 Å². The predicted octanol–water partition coefficient (Wildman–Crippen LogP) is 4.29. The number of methoxy groups -OCH3 is 2. The molecule has 2 rings (SSSR count). The van der Waals surface area contributed by atoms with E-state index < -0.39 is 13.1 Å². The van der Waals surface area contributed by atoms with Gasteiger partial charge in [0, 0.05) is 0 Å². The zero-order valence-electron chi connectivity index (χ0n) is 14.4. The fourth-order valence-corrected chi connectivity index (χ4v) is 3.72. The monoisotopic (exact) mass is 364 g/mol. The molecule has 0 saturated carbocycles. The summed E-state index contributed by atoms with van der Waals surface area (Å²) in [7, 11) is -1.24. The molecule has 0 saturated heterocycles. The number of ether oxygens (including phenoxy) is 2. The Hall–Kier alpha value is -2.14. The summed E-state index contributed by atoms with van der Waals surface area (Å²) in [4.78, 5) is 13.0. The highest BCUT2D eigenvalue weighted by Gasteiger charge is 2.39. The molecule has 0 bridgehead atoms. The molecule has 2 aromatic carbocycles. The first-order valence-electron chi connectivity index (χ1n) is 7.74. The van der Waals surface area contributed by atoms with E-state index in [1.54, 1.807) is 25.1 Å². The van der Waals surface area contributed by atoms with Gasteiger partial charge in [-0.1, -0.05) is 36.4 Å². The van der Waals surface area contributed by atoms with Crippen LogP contribution < -0.4 is 9.47 Å². The van der Waals surface area contributed by atoms with Crippen LogP contribution in [0.5, 0.6) is 11.5 Å². The van der Waals surface area contributed by atoms with Crippen LogP contribution in [0.25, 0.3) is 0 Å². The summed E-state index contributed by atoms with van der Waals surface area (Å²) in [6, 6.07) is 14.0. The summed E-state index contributed by atoms with van der Waals surface area (Å²) >= 11 is 0. The van der Waals surface area contributed by atoms with Gasteiger partial charge in [-0.25, -0.2) is 0 Å². The third-order valence-corrected chi connectivity index (χ3v) is 5.22. The van der Waals surface area contributed by atoms with E-state index in [0.29, 0.717) is 0 Å². The van der Waals surface area contributed by atoms with E-state index in [1.165, 1.54) is 14.2 Å². The molecule has 0 aliphatic heterocycles. The van der Waals surface area contributed by atoms with Gasteiger partial charge >= 0.3 is 7.60 Å². The first-order valence-corrected chi connectivity index (χ1v) is 9.29. The maximum Gasteiger partial charge on any atom is 0.402 e. The van der Waals surface area contributed by atoms with Crippen LogP contribution in [0, 0.1) is 0 Å². The molecule has 1 unspecified atom stereocenters. The number of benzene rings is 2. The van der Waals surface area contributed by atoms with Gasteiger partial charge in [-0.05, 0) is 24.6 Å². The number of carbonyl (C=O) groups excluding carboxylic acids is 1. The van der Waals surface area contributed by atoms with Gasteiger partial charge in [0.25, 0.3) is 5.52 Å². The first kappa shape index (κ1) is 19.2. The van der Waals surface area contributed by atoms with E-state index in [4.69, 9.17) is 18.5 Å². The highest BCUT2D eigenvalue weighted by molar-refractivity contribution is 7.72. The molecule has 134 valence electrons. The zero-order chi connectivity index (χ0) is 18.3. The molecule has 0 aliphatic rings. The minimum absolute atomic E-state index is 0.0126. The Bertz CT molecular complexity index is 737. The Morgan fingerprint density at radius 2 is 1.52 bits per heavy atom. The molecule has 0 aliphatic carbocycles. The lowest BCUT2D eigenvalue weighted by Gasteiger charge is -2.19. The van der Waals surface area contributed by atoms with Gasteiger partial charge in [-0.2, -0.15) is 0 Å². The second-order valence-corrected chi connectivity index (χ2v) is 6.93. The van der Waals surface area contributed by atoms with Crippen molar-refractivity contribution in [1.82, 2.24) is 0 Å². The van der Waals surface area contributed by atoms with Crippen molar-refractivity contribution in [3.05, 3.63) is 59.7 Å². The number of hydrogen-bond donors (Lipinski definition) is 0. The molecule has 0 radical (unpaired) electrons. The van der Waals surface area contributed by atoms with Crippen molar-refractivity contribution < 1.29 is 27.9 Å². The fraction of sp³-hybridized carbons (Fsp3) is 0.278. The highest BCUT2D eigenvalue weighted by atomic mass is 31.2. The van der Waals surface area contributed by atoms with E-state index in [0.717, 1.165) is 5.56 Å². The number of hydrogen-bond acceptors (Lipinski definition) is 6. The van der Waals surface area contributed by atoms with Gasteiger partial charge in [0.1, 0.15) is 17.1 Å². The second kappa shape index (κ2) is 8.81. The molecular weight excluding hydrogens is 343 g/mol. The number of carbonyl (C=O) groups is 1. The van der Waals surface area contributed by atoms with Crippen LogP contribution in [-0.4, -0.2) is 26.4 Å². The third kappa shape index (κ3) is 4.48. The maximum atomic E-state index is 13.1. The van der Waals surface area contributed by atoms with Crippen LogP contribution in [0.4, 0.5) is 0 Å². The average molecular weight is 364 g/mol. The summed E-state index contributed by atoms with van der Waals surface area (Å²) < 4.78 is 34.2. The van der Waals surface area contributed by atoms with Crippen molar-refractivity contribution in [2.24, 2.45) is 0 Å². The standard InChI is InChI=1S/C18H21O6P/c1-4-23-25(20,24-13-14-9-6-5-7-10-14)18(19)17-15(21-2)11-8-12-16(17)22-3/h5-12H,4,13H2,1-3H3. The van der Waals surface area contributed by atoms with Gasteiger partial charge in [0.15, 0.2) is 0 Å². The highest BCUT2D eigenvalue weighted by Crippen LogP contribution is 2.54. The summed E-state index contributed by atoms with van der Waals surface area (Å²) in [5.41, 5.74) is 0.0270. The number of rotatable bonds is 9. The van der Waals surface area contributed by atoms with Crippen LogP contribution in [0.15, 0.2) is 48.5 Å². The largest absolute Gasteiger partial charge is 0.496 e. The van der Waals surface area contributed by atoms with E-state index in [1.807, 2.05) is 30.3 Å². The topological polar surface area (TPSA) is 71.1 Å². The zero-order valence-corrected chi connectivity index (χ0v) is 15.3. The lowest BCUT2D eigenvalue weighted by Crippen LogP contribution is -2.10. The van der Waals surface area contributed by atoms with E-state index in [-0.39, 0.29) is 30.3 Å². The molecule has 2 aromatic rings. The molecule has 0 fully saturated rings. The quantitative estimate of drug-likeness (QED) is 0.618. The van der Waals surface area contributed by atoms with E-state index >= 15 is 0 Å². The molecule has 7 heteroatoms. The predicted molar refractivity (Wildman–Crippen MR) is 94.3 cm³/mol. The minimum atomic E-state index is -4.08. The van der Waals surface area contributed by atoms with Gasteiger partial charge < -0.3 is 14.0 Å². The Morgan fingerprint density at radius 1 is 0.920 bits per heavy atom. The summed E-state index contributed by atoms with van der Waals surface area (Å²) in [5, 5.41) is 0. The average Bonchev–Trinajstić information content (AvgIpc) is 2.66. The van der Waals surface area contributed by atoms with Crippen molar-refractivity contribution in [2.75, 3.05) is 20.8 Å². The van der Waals surface area contributed by atoms with Gasteiger partial charge in [-0.15, -0.1) is 0 Å². The van der Waals surface area contributed by atoms with Gasteiger partial charge in [0.05, 0.1) is 27.4 Å². The van der Waals surface area contributed by atoms with Crippen molar-refractivity contribution in [2.45, 2.75) is 13.5 Å². The van der Waals surface area contributed by atoms with Gasteiger partial charge in [-0.3, -0.25) is 13.9 Å². The first-order chi connectivity index (χ1) is 12.1. The van der Waals surface area contributed by atoms with Crippen LogP contribution in [0.2, 0.25) is 0 Å². The molecule has 6 nitrogen and oxygen atoms in total. The molecule has 0 N–H and O–H groups in total. The normalized spacial score (nSPS) is 13.1. The maximum absolute atomic E-state index is 13.1. The van der Waals surface area contributed by atoms with Crippen molar-refractivity contribution in [1.29, 1.82) is 0 Å². The second-order valence-electron chi connectivity index (χ2n) is 5.02. The van der Waals surface area contributed by atoms with Crippen molar-refractivity contribution in [3.63, 3.8) is 0 Å². The van der Waals surface area contributed by atoms with E-state index in [9.17, 15) is 9.36 Å². The minimum Gasteiger partial charge on any atom is -0.496 e. The van der Waals surface area contributed by atoms with Crippen molar-refractivity contribution >= 4 is 13.1 Å². The van der Waals surface area contributed by atoms with E-state index in [2.05, 4.69) is 0 Å². The van der Waals surface area contributed by atoms with Crippen molar-refractivity contribution in [3.8, 4) is 11.5 Å². The summed E-state index contributed by atoms with van der Waals surface area (Å²) in [6.07, 6.45) is 0. The van der Waals surface area contributed by atoms with Crippen LogP contribution in [-0.2, 0) is 20.2 Å². The fourth-order valence-electron chi connectivity index (χ4n) is 2.26. The molecule has 0 amide bonds. The molecule has 0 aromatic heterocycles. The molecular formula is C18H21O6P. The van der Waals surface area contributed by atoms with Gasteiger partial charge in [0.2, 0.25) is 0 Å². The SMILES string of the molecule is CCOP(=O)(OCc1ccccc1)C(=O)c1c(OC)cccc1OC. The molecule has 0 heterocycles. The lowest BCUT2D eigenvalue weighted by atomic mass is 10.2. The molecule has 1 atom stereocenters. The Morgan fingerprint density at radius 3 is 2.04 bits per heavy atom. The Kier molecular flexibility index (Phi) is 6.76. The smallest absolute Gasteiger partial charge is 0.402 e. The Labute approximate surface area is 147 Å². The lowest BCUT2D eigenvalue weighted by molar-refractivity contribution is 0.0987.